The van der Waals surface area contributed by atoms with Gasteiger partial charge in [-0.15, -0.1) is 11.3 Å². The molecular weight excluding hydrogens is 246 g/mol. The summed E-state index contributed by atoms with van der Waals surface area (Å²) in [6, 6.07) is 7.50. The highest BCUT2D eigenvalue weighted by molar-refractivity contribution is 7.14. The van der Waals surface area contributed by atoms with Crippen molar-refractivity contribution in [1.29, 1.82) is 0 Å². The zero-order chi connectivity index (χ0) is 13.1. The van der Waals surface area contributed by atoms with Crippen molar-refractivity contribution in [2.24, 2.45) is 5.92 Å². The van der Waals surface area contributed by atoms with Gasteiger partial charge in [-0.2, -0.15) is 0 Å². The van der Waals surface area contributed by atoms with Crippen molar-refractivity contribution >= 4 is 28.1 Å². The zero-order valence-corrected chi connectivity index (χ0v) is 11.1. The molecule has 0 fully saturated rings. The first-order valence-electron chi connectivity index (χ1n) is 5.68. The quantitative estimate of drug-likeness (QED) is 0.835. The molecule has 0 aliphatic heterocycles. The highest BCUT2D eigenvalue weighted by atomic mass is 32.1. The number of nitrogen functional groups attached to an aromatic ring is 1. The summed E-state index contributed by atoms with van der Waals surface area (Å²) in [5, 5.41) is 5.33. The Balaban J connectivity index is 2.15. The summed E-state index contributed by atoms with van der Waals surface area (Å²) in [5.41, 5.74) is 8.20. The molecule has 0 aliphatic rings. The van der Waals surface area contributed by atoms with Crippen LogP contribution in [0.15, 0.2) is 29.6 Å². The topological polar surface area (TPSA) is 68.0 Å². The molecule has 0 bridgehead atoms. The Kier molecular flexibility index (Phi) is 3.62. The molecule has 1 aromatic carbocycles. The van der Waals surface area contributed by atoms with E-state index in [2.05, 4.69) is 10.3 Å². The fourth-order valence-electron chi connectivity index (χ4n) is 1.37. The lowest BCUT2D eigenvalue weighted by molar-refractivity contribution is -0.118. The fraction of sp³-hybridized carbons (Fsp3) is 0.231. The third-order valence-electron chi connectivity index (χ3n) is 2.47. The summed E-state index contributed by atoms with van der Waals surface area (Å²) in [6.07, 6.45) is 0. The highest BCUT2D eigenvalue weighted by Gasteiger charge is 2.10. The Hall–Kier alpha value is -1.88. The lowest BCUT2D eigenvalue weighted by Gasteiger charge is -2.03. The van der Waals surface area contributed by atoms with Gasteiger partial charge in [-0.25, -0.2) is 4.98 Å². The van der Waals surface area contributed by atoms with Gasteiger partial charge in [-0.1, -0.05) is 26.0 Å². The van der Waals surface area contributed by atoms with E-state index in [0.717, 1.165) is 16.9 Å². The standard InChI is InChI=1S/C13H15N3OS/c1-8(2)12(17)16-13-15-11(7-18-13)9-3-5-10(14)6-4-9/h3-8H,14H2,1-2H3,(H,15,16,17). The summed E-state index contributed by atoms with van der Waals surface area (Å²) >= 11 is 1.42. The zero-order valence-electron chi connectivity index (χ0n) is 10.3. The molecule has 1 aromatic heterocycles. The van der Waals surface area contributed by atoms with Crippen molar-refractivity contribution < 1.29 is 4.79 Å². The maximum Gasteiger partial charge on any atom is 0.228 e. The van der Waals surface area contributed by atoms with E-state index in [1.807, 2.05) is 43.5 Å². The molecule has 94 valence electrons. The monoisotopic (exact) mass is 261 g/mol. The van der Waals surface area contributed by atoms with Gasteiger partial charge in [-0.3, -0.25) is 4.79 Å². The number of hydrogen-bond donors (Lipinski definition) is 2. The van der Waals surface area contributed by atoms with Crippen molar-refractivity contribution in [3.05, 3.63) is 29.6 Å². The predicted octanol–water partition coefficient (Wildman–Crippen LogP) is 2.99. The maximum atomic E-state index is 11.5. The number of carbonyl (C=O) groups is 1. The number of hydrogen-bond acceptors (Lipinski definition) is 4. The highest BCUT2D eigenvalue weighted by Crippen LogP contribution is 2.25. The number of aromatic nitrogens is 1. The number of nitrogens with two attached hydrogens (primary N) is 1. The molecule has 2 aromatic rings. The van der Waals surface area contributed by atoms with Crippen molar-refractivity contribution in [1.82, 2.24) is 4.98 Å². The molecule has 0 saturated carbocycles. The molecule has 0 atom stereocenters. The summed E-state index contributed by atoms with van der Waals surface area (Å²) in [7, 11) is 0. The predicted molar refractivity (Wildman–Crippen MR) is 75.4 cm³/mol. The number of nitrogens with one attached hydrogen (secondary N) is 1. The van der Waals surface area contributed by atoms with Gasteiger partial charge in [0.05, 0.1) is 5.69 Å². The van der Waals surface area contributed by atoms with E-state index in [1.165, 1.54) is 11.3 Å². The minimum atomic E-state index is -0.0473. The number of carbonyl (C=O) groups excluding carboxylic acids is 1. The van der Waals surface area contributed by atoms with E-state index in [1.54, 1.807) is 0 Å². The molecule has 2 rings (SSSR count). The van der Waals surface area contributed by atoms with Crippen LogP contribution in [-0.4, -0.2) is 10.9 Å². The molecule has 0 spiro atoms. The van der Waals surface area contributed by atoms with E-state index in [-0.39, 0.29) is 11.8 Å². The molecule has 1 amide bonds. The lowest BCUT2D eigenvalue weighted by atomic mass is 10.1. The van der Waals surface area contributed by atoms with E-state index in [9.17, 15) is 4.79 Å². The van der Waals surface area contributed by atoms with E-state index >= 15 is 0 Å². The number of benzene rings is 1. The summed E-state index contributed by atoms with van der Waals surface area (Å²) in [6.45, 7) is 3.70. The third kappa shape index (κ3) is 2.87. The Morgan fingerprint density at radius 1 is 1.33 bits per heavy atom. The number of rotatable bonds is 3. The summed E-state index contributed by atoms with van der Waals surface area (Å²) < 4.78 is 0. The summed E-state index contributed by atoms with van der Waals surface area (Å²) in [5.74, 6) is -0.0675. The second-order valence-electron chi connectivity index (χ2n) is 4.30. The molecule has 18 heavy (non-hydrogen) atoms. The van der Waals surface area contributed by atoms with Gasteiger partial charge in [0.2, 0.25) is 5.91 Å². The van der Waals surface area contributed by atoms with Gasteiger partial charge in [-0.05, 0) is 12.1 Å². The minimum Gasteiger partial charge on any atom is -0.399 e. The molecule has 3 N–H and O–H groups in total. The Morgan fingerprint density at radius 2 is 2.00 bits per heavy atom. The van der Waals surface area contributed by atoms with Crippen LogP contribution in [0.3, 0.4) is 0 Å². The molecule has 5 heteroatoms. The second kappa shape index (κ2) is 5.18. The van der Waals surface area contributed by atoms with Crippen LogP contribution in [0.5, 0.6) is 0 Å². The van der Waals surface area contributed by atoms with Crippen LogP contribution < -0.4 is 11.1 Å². The SMILES string of the molecule is CC(C)C(=O)Nc1nc(-c2ccc(N)cc2)cs1. The second-order valence-corrected chi connectivity index (χ2v) is 5.16. The Morgan fingerprint density at radius 3 is 2.61 bits per heavy atom. The smallest absolute Gasteiger partial charge is 0.228 e. The van der Waals surface area contributed by atoms with Gasteiger partial charge in [0, 0.05) is 22.5 Å². The fourth-order valence-corrected chi connectivity index (χ4v) is 2.09. The number of thiazole rings is 1. The Labute approximate surface area is 110 Å². The summed E-state index contributed by atoms with van der Waals surface area (Å²) in [4.78, 5) is 15.9. The van der Waals surface area contributed by atoms with Gasteiger partial charge in [0.25, 0.3) is 0 Å². The van der Waals surface area contributed by atoms with Crippen LogP contribution in [0.4, 0.5) is 10.8 Å². The number of nitrogens with zero attached hydrogens (tertiary/aromatic N) is 1. The van der Waals surface area contributed by atoms with Crippen molar-refractivity contribution in [2.75, 3.05) is 11.1 Å². The van der Waals surface area contributed by atoms with Crippen molar-refractivity contribution in [3.63, 3.8) is 0 Å². The lowest BCUT2D eigenvalue weighted by Crippen LogP contribution is -2.17. The van der Waals surface area contributed by atoms with Gasteiger partial charge in [0.15, 0.2) is 5.13 Å². The molecular formula is C13H15N3OS. The van der Waals surface area contributed by atoms with Crippen molar-refractivity contribution in [2.45, 2.75) is 13.8 Å². The normalized spacial score (nSPS) is 10.6. The molecule has 0 unspecified atom stereocenters. The molecule has 0 aliphatic carbocycles. The van der Waals surface area contributed by atoms with E-state index < -0.39 is 0 Å². The van der Waals surface area contributed by atoms with Crippen LogP contribution in [0.1, 0.15) is 13.8 Å². The number of amides is 1. The van der Waals surface area contributed by atoms with Crippen LogP contribution in [0, 0.1) is 5.92 Å². The molecule has 0 radical (unpaired) electrons. The van der Waals surface area contributed by atoms with E-state index in [0.29, 0.717) is 5.13 Å². The van der Waals surface area contributed by atoms with Crippen LogP contribution in [0.2, 0.25) is 0 Å². The largest absolute Gasteiger partial charge is 0.399 e. The van der Waals surface area contributed by atoms with Crippen molar-refractivity contribution in [3.8, 4) is 11.3 Å². The molecule has 0 saturated heterocycles. The van der Waals surface area contributed by atoms with Crippen LogP contribution >= 0.6 is 11.3 Å². The van der Waals surface area contributed by atoms with Crippen LogP contribution in [0.25, 0.3) is 11.3 Å². The minimum absolute atomic E-state index is 0.0202. The first kappa shape index (κ1) is 12.6. The van der Waals surface area contributed by atoms with Gasteiger partial charge < -0.3 is 11.1 Å². The van der Waals surface area contributed by atoms with Gasteiger partial charge in [0.1, 0.15) is 0 Å². The van der Waals surface area contributed by atoms with E-state index in [4.69, 9.17) is 5.73 Å². The van der Waals surface area contributed by atoms with Gasteiger partial charge >= 0.3 is 0 Å². The third-order valence-corrected chi connectivity index (χ3v) is 3.22. The molecule has 1 heterocycles. The number of anilines is 2. The first-order valence-corrected chi connectivity index (χ1v) is 6.56. The first-order chi connectivity index (χ1) is 8.56. The maximum absolute atomic E-state index is 11.5. The van der Waals surface area contributed by atoms with Crippen LogP contribution in [-0.2, 0) is 4.79 Å². The Bertz CT molecular complexity index is 546. The molecule has 4 nitrogen and oxygen atoms in total. The average molecular weight is 261 g/mol. The average Bonchev–Trinajstić information content (AvgIpc) is 2.78.